The predicted molar refractivity (Wildman–Crippen MR) is 123 cm³/mol. The molecule has 1 N–H and O–H groups in total. The highest BCUT2D eigenvalue weighted by atomic mass is 16.5. The van der Waals surface area contributed by atoms with Gasteiger partial charge in [0, 0.05) is 35.5 Å². The number of fused-ring (bicyclic) bond motifs is 1. The van der Waals surface area contributed by atoms with E-state index in [2.05, 4.69) is 65.6 Å². The Bertz CT molecular complexity index is 1190. The van der Waals surface area contributed by atoms with E-state index in [1.54, 1.807) is 13.3 Å². The zero-order valence-corrected chi connectivity index (χ0v) is 19.0. The van der Waals surface area contributed by atoms with Crippen LogP contribution in [-0.2, 0) is 10.2 Å². The highest BCUT2D eigenvalue weighted by molar-refractivity contribution is 6.01. The first-order valence-corrected chi connectivity index (χ1v) is 11.1. The predicted octanol–water partition coefficient (Wildman–Crippen LogP) is 5.33. The number of methoxy groups -OCH3 is 1. The van der Waals surface area contributed by atoms with Crippen molar-refractivity contribution in [2.45, 2.75) is 51.6 Å². The maximum Gasteiger partial charge on any atom is 0.213 e. The van der Waals surface area contributed by atoms with Crippen molar-refractivity contribution in [2.75, 3.05) is 7.11 Å². The monoisotopic (exact) mass is 428 g/mol. The summed E-state index contributed by atoms with van der Waals surface area (Å²) in [5, 5.41) is 12.2. The van der Waals surface area contributed by atoms with Gasteiger partial charge in [0.15, 0.2) is 11.9 Å². The molecule has 2 aliphatic heterocycles. The molecular formula is C26H28N4O2. The Hall–Kier alpha value is -3.28. The fraction of sp³-hybridized carbons (Fsp3) is 0.385. The zero-order chi connectivity index (χ0) is 22.5. The van der Waals surface area contributed by atoms with Gasteiger partial charge in [0.25, 0.3) is 0 Å². The molecule has 0 spiro atoms. The summed E-state index contributed by atoms with van der Waals surface area (Å²) in [4.78, 5) is 17.8. The van der Waals surface area contributed by atoms with Crippen LogP contribution in [0.5, 0.6) is 5.88 Å². The van der Waals surface area contributed by atoms with Crippen LogP contribution in [0.15, 0.2) is 75.9 Å². The first kappa shape index (κ1) is 20.6. The second-order valence-corrected chi connectivity index (χ2v) is 9.58. The summed E-state index contributed by atoms with van der Waals surface area (Å²) in [6.07, 6.45) is 5.51. The van der Waals surface area contributed by atoms with Crippen LogP contribution in [0.1, 0.15) is 45.6 Å². The van der Waals surface area contributed by atoms with Gasteiger partial charge in [-0.15, -0.1) is 0 Å². The van der Waals surface area contributed by atoms with Crippen molar-refractivity contribution in [3.05, 3.63) is 71.2 Å². The molecule has 6 nitrogen and oxygen atoms in total. The lowest BCUT2D eigenvalue weighted by Gasteiger charge is -2.47. The molecule has 2 aromatic rings. The van der Waals surface area contributed by atoms with Gasteiger partial charge in [-0.3, -0.25) is 4.79 Å². The van der Waals surface area contributed by atoms with Crippen molar-refractivity contribution < 1.29 is 9.53 Å². The van der Waals surface area contributed by atoms with E-state index in [-0.39, 0.29) is 17.4 Å². The molecule has 0 saturated heterocycles. The molecule has 6 heteroatoms. The molecule has 1 unspecified atom stereocenters. The molecular weight excluding hydrogens is 400 g/mol. The summed E-state index contributed by atoms with van der Waals surface area (Å²) in [5.41, 5.74) is 5.52. The Labute approximate surface area is 188 Å². The van der Waals surface area contributed by atoms with Gasteiger partial charge in [-0.05, 0) is 47.1 Å². The van der Waals surface area contributed by atoms with Gasteiger partial charge in [0.2, 0.25) is 5.88 Å². The SMILES string of the molecule is CC[C@]1(c2cccc(-c3ccnc(OC)c3)c2)C2=CN=NC2NC2=C1C(=O)CC(C)(C)C2. The number of ether oxygens (including phenoxy) is 1. The number of allylic oxidation sites excluding steroid dienone is 2. The first-order chi connectivity index (χ1) is 15.4. The minimum Gasteiger partial charge on any atom is -0.481 e. The van der Waals surface area contributed by atoms with Gasteiger partial charge in [-0.1, -0.05) is 39.0 Å². The van der Waals surface area contributed by atoms with Crippen LogP contribution in [0, 0.1) is 5.41 Å². The van der Waals surface area contributed by atoms with Crippen LogP contribution in [0.25, 0.3) is 11.1 Å². The molecule has 0 amide bonds. The van der Waals surface area contributed by atoms with Crippen LogP contribution < -0.4 is 10.1 Å². The Kier molecular flexibility index (Phi) is 4.77. The van der Waals surface area contributed by atoms with Crippen molar-refractivity contribution in [3.63, 3.8) is 0 Å². The highest BCUT2D eigenvalue weighted by Gasteiger charge is 2.52. The molecule has 164 valence electrons. The number of nitrogens with zero attached hydrogens (tertiary/aromatic N) is 3. The van der Waals surface area contributed by atoms with Crippen LogP contribution in [0.2, 0.25) is 0 Å². The molecule has 3 heterocycles. The van der Waals surface area contributed by atoms with Gasteiger partial charge < -0.3 is 10.1 Å². The smallest absolute Gasteiger partial charge is 0.213 e. The quantitative estimate of drug-likeness (QED) is 0.714. The number of rotatable bonds is 4. The normalized spacial score (nSPS) is 25.7. The molecule has 3 aliphatic rings. The molecule has 5 rings (SSSR count). The van der Waals surface area contributed by atoms with E-state index in [1.165, 1.54) is 0 Å². The van der Waals surface area contributed by atoms with Gasteiger partial charge in [0.1, 0.15) is 0 Å². The van der Waals surface area contributed by atoms with Crippen LogP contribution in [0.4, 0.5) is 0 Å². The van der Waals surface area contributed by atoms with Gasteiger partial charge in [-0.2, -0.15) is 10.2 Å². The number of Topliss-reactive ketones (excluding diaryl/α,β-unsaturated/α-hetero) is 1. The molecule has 1 aromatic carbocycles. The number of aromatic nitrogens is 1. The zero-order valence-electron chi connectivity index (χ0n) is 19.0. The molecule has 2 atom stereocenters. The minimum atomic E-state index is -0.546. The standard InChI is InChI=1S/C26H28N4O2/c1-5-26(18-8-6-7-16(11-18)17-9-10-27-22(12-17)32-4)19-15-28-30-24(19)29-20-13-25(2,3)14-21(31)23(20)26/h6-12,15,24,29H,5,13-14H2,1-4H3/t24?,26-/m0/s1. The number of benzene rings is 1. The lowest BCUT2D eigenvalue weighted by atomic mass is 9.58. The molecule has 32 heavy (non-hydrogen) atoms. The molecule has 1 aromatic heterocycles. The largest absolute Gasteiger partial charge is 0.481 e. The maximum atomic E-state index is 13.6. The van der Waals surface area contributed by atoms with Crippen molar-refractivity contribution in [3.8, 4) is 17.0 Å². The van der Waals surface area contributed by atoms with Gasteiger partial charge in [-0.25, -0.2) is 4.98 Å². The lowest BCUT2D eigenvalue weighted by molar-refractivity contribution is -0.119. The fourth-order valence-corrected chi connectivity index (χ4v) is 5.56. The van der Waals surface area contributed by atoms with E-state index in [0.717, 1.165) is 46.4 Å². The number of hydrogen-bond acceptors (Lipinski definition) is 6. The number of carbonyl (C=O) groups excluding carboxylic acids is 1. The summed E-state index contributed by atoms with van der Waals surface area (Å²) in [7, 11) is 1.62. The van der Waals surface area contributed by atoms with E-state index in [9.17, 15) is 4.79 Å². The van der Waals surface area contributed by atoms with Gasteiger partial charge >= 0.3 is 0 Å². The fourth-order valence-electron chi connectivity index (χ4n) is 5.56. The van der Waals surface area contributed by atoms with Crippen LogP contribution in [0.3, 0.4) is 0 Å². The average molecular weight is 429 g/mol. The summed E-state index contributed by atoms with van der Waals surface area (Å²) < 4.78 is 5.32. The molecule has 0 saturated carbocycles. The maximum absolute atomic E-state index is 13.6. The third-order valence-electron chi connectivity index (χ3n) is 6.94. The van der Waals surface area contributed by atoms with Gasteiger partial charge in [0.05, 0.1) is 18.7 Å². The summed E-state index contributed by atoms with van der Waals surface area (Å²) in [6.45, 7) is 6.47. The number of hydrogen-bond donors (Lipinski definition) is 1. The molecule has 0 fully saturated rings. The highest BCUT2D eigenvalue weighted by Crippen LogP contribution is 2.54. The van der Waals surface area contributed by atoms with E-state index in [4.69, 9.17) is 4.74 Å². The van der Waals surface area contributed by atoms with Crippen molar-refractivity contribution in [1.82, 2.24) is 10.3 Å². The first-order valence-electron chi connectivity index (χ1n) is 11.1. The van der Waals surface area contributed by atoms with Crippen molar-refractivity contribution in [1.29, 1.82) is 0 Å². The molecule has 1 aliphatic carbocycles. The number of azo groups is 1. The summed E-state index contributed by atoms with van der Waals surface area (Å²) >= 11 is 0. The molecule has 0 bridgehead atoms. The Balaban J connectivity index is 1.71. The third kappa shape index (κ3) is 3.08. The Morgan fingerprint density at radius 1 is 1.16 bits per heavy atom. The minimum absolute atomic E-state index is 0.0746. The van der Waals surface area contributed by atoms with Crippen LogP contribution >= 0.6 is 0 Å². The van der Waals surface area contributed by atoms with E-state index in [1.807, 2.05) is 18.3 Å². The Morgan fingerprint density at radius 3 is 2.75 bits per heavy atom. The van der Waals surface area contributed by atoms with E-state index in [0.29, 0.717) is 12.3 Å². The number of pyridine rings is 1. The summed E-state index contributed by atoms with van der Waals surface area (Å²) in [6, 6.07) is 12.4. The second-order valence-electron chi connectivity index (χ2n) is 9.58. The number of ketones is 1. The average Bonchev–Trinajstić information content (AvgIpc) is 3.25. The summed E-state index contributed by atoms with van der Waals surface area (Å²) in [5.74, 6) is 0.790. The second kappa shape index (κ2) is 7.40. The Morgan fingerprint density at radius 2 is 1.97 bits per heavy atom. The lowest BCUT2D eigenvalue weighted by Crippen LogP contribution is -2.51. The topological polar surface area (TPSA) is 75.9 Å². The van der Waals surface area contributed by atoms with E-state index >= 15 is 0 Å². The van der Waals surface area contributed by atoms with Crippen molar-refractivity contribution >= 4 is 5.78 Å². The van der Waals surface area contributed by atoms with E-state index < -0.39 is 5.41 Å². The molecule has 0 radical (unpaired) electrons. The van der Waals surface area contributed by atoms with Crippen molar-refractivity contribution in [2.24, 2.45) is 15.6 Å². The number of nitrogens with one attached hydrogen (secondary N) is 1. The number of carbonyl (C=O) groups is 1. The van der Waals surface area contributed by atoms with Crippen LogP contribution in [-0.4, -0.2) is 24.0 Å². The third-order valence-corrected chi connectivity index (χ3v) is 6.94.